The first-order chi connectivity index (χ1) is 5.20. The van der Waals surface area contributed by atoms with Crippen LogP contribution in [0.15, 0.2) is 28.9 Å². The normalized spacial score (nSPS) is 12.5. The number of allylic oxidation sites excluding steroid dienone is 3. The molecule has 0 atom stereocenters. The first-order valence-electron chi connectivity index (χ1n) is 4.05. The van der Waals surface area contributed by atoms with Crippen LogP contribution in [0.3, 0.4) is 0 Å². The second kappa shape index (κ2) is 5.90. The molecule has 0 aliphatic carbocycles. The van der Waals surface area contributed by atoms with Gasteiger partial charge in [0.25, 0.3) is 0 Å². The van der Waals surface area contributed by atoms with Gasteiger partial charge in [0.15, 0.2) is 0 Å². The minimum absolute atomic E-state index is 0.862. The molecule has 0 N–H and O–H groups in total. The van der Waals surface area contributed by atoms with E-state index in [1.54, 1.807) is 0 Å². The van der Waals surface area contributed by atoms with Crippen molar-refractivity contribution in [1.82, 2.24) is 0 Å². The summed E-state index contributed by atoms with van der Waals surface area (Å²) in [7, 11) is 0. The molecule has 0 unspecified atom stereocenters. The lowest BCUT2D eigenvalue weighted by atomic mass is 10.1. The van der Waals surface area contributed by atoms with E-state index in [1.807, 2.05) is 20.1 Å². The SMILES string of the molecule is C=C(C)/N=C\C(=C/C)CCC. The van der Waals surface area contributed by atoms with Crippen molar-refractivity contribution in [3.8, 4) is 0 Å². The Morgan fingerprint density at radius 3 is 2.55 bits per heavy atom. The van der Waals surface area contributed by atoms with Gasteiger partial charge in [0.05, 0.1) is 0 Å². The zero-order chi connectivity index (χ0) is 8.69. The summed E-state index contributed by atoms with van der Waals surface area (Å²) in [6.07, 6.45) is 6.26. The van der Waals surface area contributed by atoms with Gasteiger partial charge in [-0.3, -0.25) is 4.99 Å². The zero-order valence-electron chi connectivity index (χ0n) is 7.72. The third-order valence-corrected chi connectivity index (χ3v) is 1.36. The van der Waals surface area contributed by atoms with Gasteiger partial charge in [0, 0.05) is 11.9 Å². The van der Waals surface area contributed by atoms with Gasteiger partial charge in [-0.05, 0) is 25.8 Å². The van der Waals surface area contributed by atoms with E-state index in [9.17, 15) is 0 Å². The van der Waals surface area contributed by atoms with Crippen LogP contribution in [0, 0.1) is 0 Å². The molecule has 0 fully saturated rings. The summed E-state index contributed by atoms with van der Waals surface area (Å²) >= 11 is 0. The minimum Gasteiger partial charge on any atom is -0.262 e. The highest BCUT2D eigenvalue weighted by molar-refractivity contribution is 5.79. The maximum absolute atomic E-state index is 4.13. The van der Waals surface area contributed by atoms with Crippen LogP contribution >= 0.6 is 0 Å². The van der Waals surface area contributed by atoms with Crippen molar-refractivity contribution in [3.05, 3.63) is 23.9 Å². The minimum atomic E-state index is 0.862. The molecule has 0 saturated carbocycles. The van der Waals surface area contributed by atoms with E-state index in [4.69, 9.17) is 0 Å². The summed E-state index contributed by atoms with van der Waals surface area (Å²) in [4.78, 5) is 4.13. The molecule has 0 radical (unpaired) electrons. The highest BCUT2D eigenvalue weighted by Gasteiger charge is 1.87. The summed E-state index contributed by atoms with van der Waals surface area (Å²) in [6, 6.07) is 0. The van der Waals surface area contributed by atoms with Crippen molar-refractivity contribution in [2.45, 2.75) is 33.6 Å². The molecule has 1 nitrogen and oxygen atoms in total. The van der Waals surface area contributed by atoms with E-state index < -0.39 is 0 Å². The average Bonchev–Trinajstić information content (AvgIpc) is 1.97. The van der Waals surface area contributed by atoms with Crippen LogP contribution in [0.4, 0.5) is 0 Å². The molecule has 1 heteroatoms. The van der Waals surface area contributed by atoms with Crippen molar-refractivity contribution in [2.24, 2.45) is 4.99 Å². The maximum Gasteiger partial charge on any atom is 0.0301 e. The Labute approximate surface area is 69.5 Å². The zero-order valence-corrected chi connectivity index (χ0v) is 7.72. The van der Waals surface area contributed by atoms with Gasteiger partial charge in [0.2, 0.25) is 0 Å². The van der Waals surface area contributed by atoms with Gasteiger partial charge >= 0.3 is 0 Å². The Morgan fingerprint density at radius 2 is 2.18 bits per heavy atom. The average molecular weight is 151 g/mol. The van der Waals surface area contributed by atoms with E-state index in [2.05, 4.69) is 24.6 Å². The van der Waals surface area contributed by atoms with Gasteiger partial charge < -0.3 is 0 Å². The molecular weight excluding hydrogens is 134 g/mol. The lowest BCUT2D eigenvalue weighted by molar-refractivity contribution is 0.936. The van der Waals surface area contributed by atoms with Crippen molar-refractivity contribution in [1.29, 1.82) is 0 Å². The van der Waals surface area contributed by atoms with Gasteiger partial charge in [-0.15, -0.1) is 0 Å². The highest BCUT2D eigenvalue weighted by Crippen LogP contribution is 2.02. The van der Waals surface area contributed by atoms with Gasteiger partial charge in [0.1, 0.15) is 0 Å². The molecule has 11 heavy (non-hydrogen) atoms. The monoisotopic (exact) mass is 151 g/mol. The number of hydrogen-bond acceptors (Lipinski definition) is 1. The van der Waals surface area contributed by atoms with Gasteiger partial charge in [-0.1, -0.05) is 26.0 Å². The third kappa shape index (κ3) is 5.59. The number of rotatable bonds is 4. The summed E-state index contributed by atoms with van der Waals surface area (Å²) in [5.74, 6) is 0. The van der Waals surface area contributed by atoms with Crippen LogP contribution in [0.5, 0.6) is 0 Å². The van der Waals surface area contributed by atoms with E-state index in [-0.39, 0.29) is 0 Å². The Morgan fingerprint density at radius 1 is 1.55 bits per heavy atom. The molecular formula is C10H17N. The molecule has 0 aromatic carbocycles. The fourth-order valence-corrected chi connectivity index (χ4v) is 0.765. The van der Waals surface area contributed by atoms with Crippen molar-refractivity contribution >= 4 is 6.21 Å². The third-order valence-electron chi connectivity index (χ3n) is 1.36. The fraction of sp³-hybridized carbons (Fsp3) is 0.500. The summed E-state index contributed by atoms with van der Waals surface area (Å²) in [5, 5.41) is 0. The molecule has 62 valence electrons. The molecule has 0 aromatic heterocycles. The lowest BCUT2D eigenvalue weighted by Crippen LogP contribution is -1.83. The highest BCUT2D eigenvalue weighted by atomic mass is 14.7. The van der Waals surface area contributed by atoms with Crippen LogP contribution in [-0.4, -0.2) is 6.21 Å². The van der Waals surface area contributed by atoms with Gasteiger partial charge in [-0.25, -0.2) is 0 Å². The first kappa shape index (κ1) is 10.2. The predicted octanol–water partition coefficient (Wildman–Crippen LogP) is 3.34. The molecule has 0 spiro atoms. The summed E-state index contributed by atoms with van der Waals surface area (Å²) in [6.45, 7) is 9.80. The Kier molecular flexibility index (Phi) is 5.44. The maximum atomic E-state index is 4.13. The molecule has 0 amide bonds. The lowest BCUT2D eigenvalue weighted by Gasteiger charge is -1.95. The van der Waals surface area contributed by atoms with Crippen LogP contribution in [0.2, 0.25) is 0 Å². The summed E-state index contributed by atoms with van der Waals surface area (Å²) in [5.41, 5.74) is 2.15. The first-order valence-corrected chi connectivity index (χ1v) is 4.05. The Bertz CT molecular complexity index is 175. The fourth-order valence-electron chi connectivity index (χ4n) is 0.765. The number of hydrogen-bond donors (Lipinski definition) is 0. The topological polar surface area (TPSA) is 12.4 Å². The number of aliphatic imine (C=N–C) groups is 1. The van der Waals surface area contributed by atoms with Gasteiger partial charge in [-0.2, -0.15) is 0 Å². The van der Waals surface area contributed by atoms with Crippen LogP contribution < -0.4 is 0 Å². The van der Waals surface area contributed by atoms with E-state index in [0.29, 0.717) is 0 Å². The van der Waals surface area contributed by atoms with E-state index in [1.165, 1.54) is 12.0 Å². The molecule has 0 aliphatic rings. The second-order valence-electron chi connectivity index (χ2n) is 2.61. The second-order valence-corrected chi connectivity index (χ2v) is 2.61. The molecule has 0 bridgehead atoms. The molecule has 0 rings (SSSR count). The van der Waals surface area contributed by atoms with E-state index >= 15 is 0 Å². The van der Waals surface area contributed by atoms with Crippen molar-refractivity contribution in [2.75, 3.05) is 0 Å². The quantitative estimate of drug-likeness (QED) is 0.546. The van der Waals surface area contributed by atoms with E-state index in [0.717, 1.165) is 12.1 Å². The van der Waals surface area contributed by atoms with Crippen LogP contribution in [-0.2, 0) is 0 Å². The van der Waals surface area contributed by atoms with Crippen LogP contribution in [0.1, 0.15) is 33.6 Å². The molecule has 0 saturated heterocycles. The summed E-state index contributed by atoms with van der Waals surface area (Å²) < 4.78 is 0. The standard InChI is InChI=1S/C10H17N/c1-5-7-10(6-2)8-11-9(3)4/h6,8H,3,5,7H2,1-2,4H3/b10-6-,11-8-. The molecule has 0 heterocycles. The Hall–Kier alpha value is -0.850. The largest absolute Gasteiger partial charge is 0.262 e. The number of nitrogens with zero attached hydrogens (tertiary/aromatic N) is 1. The molecule has 0 aromatic rings. The van der Waals surface area contributed by atoms with Crippen molar-refractivity contribution < 1.29 is 0 Å². The van der Waals surface area contributed by atoms with Crippen LogP contribution in [0.25, 0.3) is 0 Å². The molecule has 0 aliphatic heterocycles. The smallest absolute Gasteiger partial charge is 0.0301 e. The Balaban J connectivity index is 3.98. The van der Waals surface area contributed by atoms with Crippen molar-refractivity contribution in [3.63, 3.8) is 0 Å². The predicted molar refractivity (Wildman–Crippen MR) is 52.0 cm³/mol.